The third-order valence-corrected chi connectivity index (χ3v) is 4.27. The van der Waals surface area contributed by atoms with E-state index in [1.807, 2.05) is 12.1 Å². The molecule has 1 aromatic rings. The van der Waals surface area contributed by atoms with Gasteiger partial charge in [0.25, 0.3) is 0 Å². The van der Waals surface area contributed by atoms with Gasteiger partial charge in [0, 0.05) is 11.1 Å². The molecule has 0 bridgehead atoms. The van der Waals surface area contributed by atoms with Crippen molar-refractivity contribution in [1.82, 2.24) is 5.32 Å². The number of rotatable bonds is 6. The minimum absolute atomic E-state index is 0.581. The molecule has 0 spiro atoms. The zero-order valence-corrected chi connectivity index (χ0v) is 12.2. The van der Waals surface area contributed by atoms with Crippen LogP contribution in [-0.2, 0) is 6.42 Å². The third kappa shape index (κ3) is 4.00. The van der Waals surface area contributed by atoms with Gasteiger partial charge in [0.1, 0.15) is 0 Å². The van der Waals surface area contributed by atoms with Crippen molar-refractivity contribution in [3.05, 3.63) is 34.9 Å². The Morgan fingerprint density at radius 3 is 2.39 bits per heavy atom. The van der Waals surface area contributed by atoms with E-state index in [9.17, 15) is 0 Å². The first-order valence-corrected chi connectivity index (χ1v) is 7.51. The van der Waals surface area contributed by atoms with Gasteiger partial charge in [-0.1, -0.05) is 56.8 Å². The summed E-state index contributed by atoms with van der Waals surface area (Å²) in [6.07, 6.45) is 5.43. The van der Waals surface area contributed by atoms with E-state index >= 15 is 0 Å². The second-order valence-electron chi connectivity index (χ2n) is 5.84. The molecule has 18 heavy (non-hydrogen) atoms. The van der Waals surface area contributed by atoms with Crippen molar-refractivity contribution in [3.8, 4) is 0 Å². The molecular formula is C16H24ClN. The summed E-state index contributed by atoms with van der Waals surface area (Å²) >= 11 is 5.94. The fraction of sp³-hybridized carbons (Fsp3) is 0.625. The molecule has 0 saturated heterocycles. The van der Waals surface area contributed by atoms with Gasteiger partial charge in [-0.25, -0.2) is 0 Å². The summed E-state index contributed by atoms with van der Waals surface area (Å²) in [6.45, 7) is 5.59. The van der Waals surface area contributed by atoms with Gasteiger partial charge in [0.2, 0.25) is 0 Å². The minimum atomic E-state index is 0.581. The Morgan fingerprint density at radius 2 is 1.89 bits per heavy atom. The van der Waals surface area contributed by atoms with E-state index in [1.54, 1.807) is 0 Å². The maximum atomic E-state index is 5.94. The van der Waals surface area contributed by atoms with E-state index in [2.05, 4.69) is 31.3 Å². The zero-order chi connectivity index (χ0) is 13.0. The number of nitrogens with one attached hydrogen (secondary N) is 1. The minimum Gasteiger partial charge on any atom is -0.314 e. The monoisotopic (exact) mass is 265 g/mol. The molecule has 2 heteroatoms. The van der Waals surface area contributed by atoms with Gasteiger partial charge in [-0.3, -0.25) is 0 Å². The molecule has 1 nitrogen and oxygen atoms in total. The molecule has 1 aliphatic rings. The normalized spacial score (nSPS) is 17.8. The highest BCUT2D eigenvalue weighted by molar-refractivity contribution is 6.30. The Balaban J connectivity index is 1.93. The second-order valence-corrected chi connectivity index (χ2v) is 6.28. The van der Waals surface area contributed by atoms with E-state index in [-0.39, 0.29) is 0 Å². The fourth-order valence-electron chi connectivity index (χ4n) is 2.63. The van der Waals surface area contributed by atoms with Gasteiger partial charge >= 0.3 is 0 Å². The lowest BCUT2D eigenvalue weighted by Crippen LogP contribution is -2.36. The molecular weight excluding hydrogens is 242 g/mol. The highest BCUT2D eigenvalue weighted by Gasteiger charge is 2.27. The number of hydrogen-bond donors (Lipinski definition) is 1. The van der Waals surface area contributed by atoms with Crippen LogP contribution in [0.2, 0.25) is 5.02 Å². The van der Waals surface area contributed by atoms with Crippen molar-refractivity contribution in [2.24, 2.45) is 11.8 Å². The molecule has 0 aliphatic heterocycles. The Labute approximate surface area is 116 Å². The van der Waals surface area contributed by atoms with Crippen molar-refractivity contribution in [2.45, 2.75) is 45.6 Å². The van der Waals surface area contributed by atoms with Crippen LogP contribution < -0.4 is 5.32 Å². The van der Waals surface area contributed by atoms with Gasteiger partial charge in [-0.05, 0) is 42.5 Å². The average molecular weight is 266 g/mol. The van der Waals surface area contributed by atoms with Crippen molar-refractivity contribution >= 4 is 11.6 Å². The van der Waals surface area contributed by atoms with Crippen molar-refractivity contribution in [3.63, 3.8) is 0 Å². The lowest BCUT2D eigenvalue weighted by Gasteiger charge is -2.34. The van der Waals surface area contributed by atoms with Crippen LogP contribution in [0.5, 0.6) is 0 Å². The fourth-order valence-corrected chi connectivity index (χ4v) is 2.75. The van der Waals surface area contributed by atoms with Crippen molar-refractivity contribution in [2.75, 3.05) is 6.54 Å². The van der Waals surface area contributed by atoms with E-state index in [1.165, 1.54) is 31.2 Å². The van der Waals surface area contributed by atoms with E-state index in [0.717, 1.165) is 23.4 Å². The summed E-state index contributed by atoms with van der Waals surface area (Å²) in [4.78, 5) is 0. The summed E-state index contributed by atoms with van der Waals surface area (Å²) in [5.74, 6) is 1.70. The number of benzene rings is 1. The lowest BCUT2D eigenvalue weighted by atomic mass is 9.73. The lowest BCUT2D eigenvalue weighted by molar-refractivity contribution is 0.197. The van der Waals surface area contributed by atoms with Gasteiger partial charge in [0.15, 0.2) is 0 Å². The van der Waals surface area contributed by atoms with Crippen LogP contribution >= 0.6 is 11.6 Å². The molecule has 2 rings (SSSR count). The first-order valence-electron chi connectivity index (χ1n) is 7.13. The van der Waals surface area contributed by atoms with Crippen LogP contribution in [0.3, 0.4) is 0 Å². The van der Waals surface area contributed by atoms with Crippen molar-refractivity contribution < 1.29 is 0 Å². The Bertz CT molecular complexity index is 354. The molecule has 0 heterocycles. The summed E-state index contributed by atoms with van der Waals surface area (Å²) in [6, 6.07) is 8.93. The average Bonchev–Trinajstić information content (AvgIpc) is 2.26. The van der Waals surface area contributed by atoms with E-state index in [4.69, 9.17) is 11.6 Å². The molecule has 1 aromatic carbocycles. The highest BCUT2D eigenvalue weighted by Crippen LogP contribution is 2.35. The van der Waals surface area contributed by atoms with E-state index in [0.29, 0.717) is 6.04 Å². The summed E-state index contributed by atoms with van der Waals surface area (Å²) < 4.78 is 0. The van der Waals surface area contributed by atoms with Gasteiger partial charge in [-0.2, -0.15) is 0 Å². The van der Waals surface area contributed by atoms with Gasteiger partial charge in [0.05, 0.1) is 0 Å². The molecule has 1 saturated carbocycles. The molecule has 1 fully saturated rings. The summed E-state index contributed by atoms with van der Waals surface area (Å²) in [5, 5.41) is 4.43. The van der Waals surface area contributed by atoms with Gasteiger partial charge in [-0.15, -0.1) is 0 Å². The maximum absolute atomic E-state index is 5.94. The van der Waals surface area contributed by atoms with Gasteiger partial charge < -0.3 is 5.32 Å². The van der Waals surface area contributed by atoms with Crippen LogP contribution in [0.1, 0.15) is 38.7 Å². The predicted molar refractivity (Wildman–Crippen MR) is 79.1 cm³/mol. The quantitative estimate of drug-likeness (QED) is 0.809. The first-order chi connectivity index (χ1) is 8.65. The van der Waals surface area contributed by atoms with Crippen LogP contribution in [0.15, 0.2) is 24.3 Å². The molecule has 1 N–H and O–H groups in total. The zero-order valence-electron chi connectivity index (χ0n) is 11.5. The molecule has 1 unspecified atom stereocenters. The molecule has 0 aromatic heterocycles. The molecule has 1 atom stereocenters. The van der Waals surface area contributed by atoms with Crippen LogP contribution in [0, 0.1) is 11.8 Å². The maximum Gasteiger partial charge on any atom is 0.0406 e. The number of hydrogen-bond acceptors (Lipinski definition) is 1. The van der Waals surface area contributed by atoms with Crippen molar-refractivity contribution in [1.29, 1.82) is 0 Å². The first kappa shape index (κ1) is 13.9. The van der Waals surface area contributed by atoms with Crippen LogP contribution in [-0.4, -0.2) is 12.6 Å². The Morgan fingerprint density at radius 1 is 1.22 bits per heavy atom. The number of halogens is 1. The summed E-state index contributed by atoms with van der Waals surface area (Å²) in [5.41, 5.74) is 1.42. The topological polar surface area (TPSA) is 12.0 Å². The predicted octanol–water partition coefficient (Wildman–Crippen LogP) is 4.30. The van der Waals surface area contributed by atoms with E-state index < -0.39 is 0 Å². The second kappa shape index (κ2) is 6.58. The third-order valence-electron chi connectivity index (χ3n) is 4.02. The molecule has 1 aliphatic carbocycles. The Kier molecular flexibility index (Phi) is 5.08. The molecule has 100 valence electrons. The highest BCUT2D eigenvalue weighted by atomic mass is 35.5. The summed E-state index contributed by atoms with van der Waals surface area (Å²) in [7, 11) is 0. The molecule has 0 amide bonds. The largest absolute Gasteiger partial charge is 0.314 e. The van der Waals surface area contributed by atoms with Crippen LogP contribution in [0.25, 0.3) is 0 Å². The Hall–Kier alpha value is -0.530. The molecule has 0 radical (unpaired) electrons. The SMILES string of the molecule is CC(C)NCC(Cc1ccc(Cl)cc1)C1CCC1. The standard InChI is InChI=1S/C16H24ClN/c1-12(2)18-11-15(14-4-3-5-14)10-13-6-8-16(17)9-7-13/h6-9,12,14-15,18H,3-5,10-11H2,1-2H3. The van der Waals surface area contributed by atoms with Crippen LogP contribution in [0.4, 0.5) is 0 Å². The smallest absolute Gasteiger partial charge is 0.0406 e.